The first-order valence-electron chi connectivity index (χ1n) is 7.04. The fourth-order valence-electron chi connectivity index (χ4n) is 2.90. The second-order valence-corrected chi connectivity index (χ2v) is 5.85. The standard InChI is InChI=1S/C15H22N4.2ClH/c1-11-3-4-15-17-14(10-19(15)7-11)9-18-6-5-13(8-18)12(2)16;;/h3-4,7,10,12-13H,5-6,8-9,16H2,1-2H3;2*1H. The Balaban J connectivity index is 0.00000110. The number of aryl methyl sites for hydroxylation is 1. The van der Waals surface area contributed by atoms with Gasteiger partial charge in [-0.1, -0.05) is 6.07 Å². The Morgan fingerprint density at radius 1 is 1.33 bits per heavy atom. The number of hydrogen-bond acceptors (Lipinski definition) is 3. The first kappa shape index (κ1) is 18.2. The molecule has 1 aliphatic rings. The number of hydrogen-bond donors (Lipinski definition) is 1. The molecule has 0 radical (unpaired) electrons. The largest absolute Gasteiger partial charge is 0.328 e. The molecule has 3 heterocycles. The maximum absolute atomic E-state index is 5.98. The minimum atomic E-state index is 0. The Morgan fingerprint density at radius 2 is 2.10 bits per heavy atom. The van der Waals surface area contributed by atoms with Crippen LogP contribution in [-0.4, -0.2) is 33.4 Å². The summed E-state index contributed by atoms with van der Waals surface area (Å²) < 4.78 is 2.11. The first-order valence-corrected chi connectivity index (χ1v) is 7.04. The van der Waals surface area contributed by atoms with Crippen molar-refractivity contribution in [3.8, 4) is 0 Å². The van der Waals surface area contributed by atoms with Gasteiger partial charge in [0.15, 0.2) is 0 Å². The lowest BCUT2D eigenvalue weighted by atomic mass is 10.0. The summed E-state index contributed by atoms with van der Waals surface area (Å²) in [4.78, 5) is 7.14. The smallest absolute Gasteiger partial charge is 0.137 e. The molecule has 0 amide bonds. The van der Waals surface area contributed by atoms with Crippen molar-refractivity contribution in [2.24, 2.45) is 11.7 Å². The Morgan fingerprint density at radius 3 is 2.76 bits per heavy atom. The average Bonchev–Trinajstić information content (AvgIpc) is 2.95. The van der Waals surface area contributed by atoms with Crippen LogP contribution in [0.15, 0.2) is 24.5 Å². The third kappa shape index (κ3) is 4.10. The molecule has 118 valence electrons. The second-order valence-electron chi connectivity index (χ2n) is 5.85. The maximum Gasteiger partial charge on any atom is 0.137 e. The second kappa shape index (κ2) is 7.45. The lowest BCUT2D eigenvalue weighted by Gasteiger charge is -2.16. The van der Waals surface area contributed by atoms with Crippen LogP contribution < -0.4 is 5.73 Å². The molecule has 1 fully saturated rings. The number of nitrogens with zero attached hydrogens (tertiary/aromatic N) is 3. The SMILES string of the molecule is Cc1ccc2nc(CN3CCC(C(C)N)C3)cn2c1.Cl.Cl. The number of halogens is 2. The molecule has 2 N–H and O–H groups in total. The minimum Gasteiger partial charge on any atom is -0.328 e. The van der Waals surface area contributed by atoms with Crippen molar-refractivity contribution < 1.29 is 0 Å². The van der Waals surface area contributed by atoms with Crippen molar-refractivity contribution in [2.75, 3.05) is 13.1 Å². The minimum absolute atomic E-state index is 0. The molecule has 2 aromatic rings. The quantitative estimate of drug-likeness (QED) is 0.941. The molecule has 0 aromatic carbocycles. The lowest BCUT2D eigenvalue weighted by Crippen LogP contribution is -2.29. The van der Waals surface area contributed by atoms with Gasteiger partial charge >= 0.3 is 0 Å². The Hall–Kier alpha value is -0.810. The molecule has 2 atom stereocenters. The van der Waals surface area contributed by atoms with Crippen LogP contribution in [0, 0.1) is 12.8 Å². The Bertz CT molecular complexity index is 582. The molecule has 0 aliphatic carbocycles. The average molecular weight is 331 g/mol. The highest BCUT2D eigenvalue weighted by molar-refractivity contribution is 5.85. The third-order valence-corrected chi connectivity index (χ3v) is 4.09. The van der Waals surface area contributed by atoms with Crippen molar-refractivity contribution >= 4 is 30.5 Å². The van der Waals surface area contributed by atoms with E-state index in [1.54, 1.807) is 0 Å². The van der Waals surface area contributed by atoms with Crippen molar-refractivity contribution in [1.29, 1.82) is 0 Å². The van der Waals surface area contributed by atoms with E-state index >= 15 is 0 Å². The van der Waals surface area contributed by atoms with Crippen LogP contribution in [-0.2, 0) is 6.54 Å². The highest BCUT2D eigenvalue weighted by Crippen LogP contribution is 2.20. The summed E-state index contributed by atoms with van der Waals surface area (Å²) in [6.45, 7) is 7.39. The molecule has 1 aliphatic heterocycles. The van der Waals surface area contributed by atoms with E-state index in [-0.39, 0.29) is 24.8 Å². The van der Waals surface area contributed by atoms with Gasteiger partial charge in [0.1, 0.15) is 5.65 Å². The van der Waals surface area contributed by atoms with Crippen LogP contribution in [0.4, 0.5) is 0 Å². The van der Waals surface area contributed by atoms with Crippen LogP contribution in [0.5, 0.6) is 0 Å². The number of likely N-dealkylation sites (tertiary alicyclic amines) is 1. The molecule has 2 aromatic heterocycles. The van der Waals surface area contributed by atoms with E-state index < -0.39 is 0 Å². The summed E-state index contributed by atoms with van der Waals surface area (Å²) in [5, 5.41) is 0. The van der Waals surface area contributed by atoms with Gasteiger partial charge in [-0.3, -0.25) is 4.90 Å². The van der Waals surface area contributed by atoms with Crippen LogP contribution in [0.3, 0.4) is 0 Å². The number of nitrogens with two attached hydrogens (primary N) is 1. The van der Waals surface area contributed by atoms with E-state index in [2.05, 4.69) is 52.7 Å². The normalized spacial score (nSPS) is 20.0. The van der Waals surface area contributed by atoms with Crippen molar-refractivity contribution in [3.05, 3.63) is 35.8 Å². The summed E-state index contributed by atoms with van der Waals surface area (Å²) in [6, 6.07) is 4.48. The first-order chi connectivity index (χ1) is 9.11. The zero-order chi connectivity index (χ0) is 13.4. The summed E-state index contributed by atoms with van der Waals surface area (Å²) in [6.07, 6.45) is 5.48. The Kier molecular flexibility index (Phi) is 6.47. The number of rotatable bonds is 3. The van der Waals surface area contributed by atoms with Gasteiger partial charge in [0.2, 0.25) is 0 Å². The molecule has 6 heteroatoms. The summed E-state index contributed by atoms with van der Waals surface area (Å²) in [7, 11) is 0. The maximum atomic E-state index is 5.98. The summed E-state index contributed by atoms with van der Waals surface area (Å²) in [5.41, 5.74) is 9.42. The fourth-order valence-corrected chi connectivity index (χ4v) is 2.90. The molecular weight excluding hydrogens is 307 g/mol. The monoisotopic (exact) mass is 330 g/mol. The van der Waals surface area contributed by atoms with E-state index in [9.17, 15) is 0 Å². The summed E-state index contributed by atoms with van der Waals surface area (Å²) >= 11 is 0. The molecular formula is C15H24Cl2N4. The highest BCUT2D eigenvalue weighted by Gasteiger charge is 2.25. The fraction of sp³-hybridized carbons (Fsp3) is 0.533. The van der Waals surface area contributed by atoms with Gasteiger partial charge in [0.05, 0.1) is 5.69 Å². The predicted molar refractivity (Wildman–Crippen MR) is 91.5 cm³/mol. The highest BCUT2D eigenvalue weighted by atomic mass is 35.5. The number of imidazole rings is 1. The van der Waals surface area contributed by atoms with Crippen LogP contribution >= 0.6 is 24.8 Å². The molecule has 0 bridgehead atoms. The van der Waals surface area contributed by atoms with Crippen molar-refractivity contribution in [2.45, 2.75) is 32.9 Å². The zero-order valence-electron chi connectivity index (χ0n) is 12.5. The van der Waals surface area contributed by atoms with Gasteiger partial charge in [-0.05, 0) is 44.4 Å². The number of fused-ring (bicyclic) bond motifs is 1. The van der Waals surface area contributed by atoms with E-state index in [0.29, 0.717) is 12.0 Å². The van der Waals surface area contributed by atoms with Gasteiger partial charge in [-0.25, -0.2) is 4.98 Å². The topological polar surface area (TPSA) is 46.6 Å². The predicted octanol–water partition coefficient (Wildman–Crippen LogP) is 2.66. The van der Waals surface area contributed by atoms with E-state index in [4.69, 9.17) is 5.73 Å². The summed E-state index contributed by atoms with van der Waals surface area (Å²) in [5.74, 6) is 0.638. The zero-order valence-corrected chi connectivity index (χ0v) is 14.2. The van der Waals surface area contributed by atoms with Crippen molar-refractivity contribution in [3.63, 3.8) is 0 Å². The number of pyridine rings is 1. The van der Waals surface area contributed by atoms with Crippen LogP contribution in [0.1, 0.15) is 24.6 Å². The van der Waals surface area contributed by atoms with Gasteiger partial charge < -0.3 is 10.1 Å². The molecule has 0 spiro atoms. The van der Waals surface area contributed by atoms with Crippen molar-refractivity contribution in [1.82, 2.24) is 14.3 Å². The molecule has 1 saturated heterocycles. The molecule has 3 rings (SSSR count). The van der Waals surface area contributed by atoms with E-state index in [0.717, 1.165) is 31.0 Å². The molecule has 21 heavy (non-hydrogen) atoms. The molecule has 0 saturated carbocycles. The Labute approximate surface area is 138 Å². The van der Waals surface area contributed by atoms with Gasteiger partial charge in [-0.15, -0.1) is 24.8 Å². The van der Waals surface area contributed by atoms with Crippen LogP contribution in [0.2, 0.25) is 0 Å². The third-order valence-electron chi connectivity index (χ3n) is 4.09. The van der Waals surface area contributed by atoms with Gasteiger partial charge in [0, 0.05) is 31.5 Å². The number of aromatic nitrogens is 2. The van der Waals surface area contributed by atoms with Crippen LogP contribution in [0.25, 0.3) is 5.65 Å². The van der Waals surface area contributed by atoms with E-state index in [1.165, 1.54) is 12.0 Å². The van der Waals surface area contributed by atoms with Gasteiger partial charge in [-0.2, -0.15) is 0 Å². The van der Waals surface area contributed by atoms with E-state index in [1.807, 2.05) is 0 Å². The molecule has 4 nitrogen and oxygen atoms in total. The molecule has 2 unspecified atom stereocenters. The van der Waals surface area contributed by atoms with Gasteiger partial charge in [0.25, 0.3) is 0 Å². The lowest BCUT2D eigenvalue weighted by molar-refractivity contribution is 0.305.